The van der Waals surface area contributed by atoms with Crippen LogP contribution in [0.4, 0.5) is 5.00 Å². The molecule has 2 amide bonds. The fourth-order valence-electron chi connectivity index (χ4n) is 2.34. The SMILES string of the molecule is CCOC(=O)c1c(NC(=O)C2CCOC2)sc(C(=O)NC)c1C. The fraction of sp³-hybridized carbons (Fsp3) is 0.533. The molecule has 7 nitrogen and oxygen atoms in total. The third kappa shape index (κ3) is 3.70. The predicted octanol–water partition coefficient (Wildman–Crippen LogP) is 1.57. The monoisotopic (exact) mass is 340 g/mol. The van der Waals surface area contributed by atoms with Crippen molar-refractivity contribution in [2.45, 2.75) is 20.3 Å². The van der Waals surface area contributed by atoms with Gasteiger partial charge in [-0.1, -0.05) is 0 Å². The summed E-state index contributed by atoms with van der Waals surface area (Å²) < 4.78 is 10.2. The Balaban J connectivity index is 2.33. The highest BCUT2D eigenvalue weighted by molar-refractivity contribution is 7.18. The number of hydrogen-bond donors (Lipinski definition) is 2. The number of carbonyl (C=O) groups excluding carboxylic acids is 3. The Hall–Kier alpha value is -1.93. The molecule has 1 aliphatic heterocycles. The number of ether oxygens (including phenoxy) is 2. The van der Waals surface area contributed by atoms with Crippen LogP contribution in [0.1, 0.15) is 38.9 Å². The van der Waals surface area contributed by atoms with Crippen LogP contribution < -0.4 is 10.6 Å². The van der Waals surface area contributed by atoms with Crippen molar-refractivity contribution in [3.05, 3.63) is 16.0 Å². The minimum atomic E-state index is -0.547. The van der Waals surface area contributed by atoms with Gasteiger partial charge in [-0.15, -0.1) is 11.3 Å². The molecule has 0 aliphatic carbocycles. The second-order valence-electron chi connectivity index (χ2n) is 5.11. The van der Waals surface area contributed by atoms with E-state index in [1.807, 2.05) is 0 Å². The summed E-state index contributed by atoms with van der Waals surface area (Å²) in [4.78, 5) is 36.8. The van der Waals surface area contributed by atoms with Crippen LogP contribution in [0.3, 0.4) is 0 Å². The maximum Gasteiger partial charge on any atom is 0.341 e. The highest BCUT2D eigenvalue weighted by Crippen LogP contribution is 2.34. The van der Waals surface area contributed by atoms with Crippen molar-refractivity contribution < 1.29 is 23.9 Å². The van der Waals surface area contributed by atoms with Gasteiger partial charge in [0.05, 0.1) is 29.6 Å². The lowest BCUT2D eigenvalue weighted by molar-refractivity contribution is -0.119. The molecule has 2 rings (SSSR count). The van der Waals surface area contributed by atoms with E-state index in [-0.39, 0.29) is 29.9 Å². The van der Waals surface area contributed by atoms with E-state index in [4.69, 9.17) is 9.47 Å². The average molecular weight is 340 g/mol. The summed E-state index contributed by atoms with van der Waals surface area (Å²) in [6, 6.07) is 0. The fourth-order valence-corrected chi connectivity index (χ4v) is 3.48. The van der Waals surface area contributed by atoms with Gasteiger partial charge in [-0.2, -0.15) is 0 Å². The Labute approximate surface area is 138 Å². The van der Waals surface area contributed by atoms with Gasteiger partial charge in [0.15, 0.2) is 0 Å². The highest BCUT2D eigenvalue weighted by Gasteiger charge is 2.29. The predicted molar refractivity (Wildman–Crippen MR) is 86.0 cm³/mol. The van der Waals surface area contributed by atoms with Crippen LogP contribution in [0.5, 0.6) is 0 Å². The molecule has 0 bridgehead atoms. The molecule has 1 saturated heterocycles. The average Bonchev–Trinajstić information content (AvgIpc) is 3.15. The summed E-state index contributed by atoms with van der Waals surface area (Å²) in [7, 11) is 1.51. The van der Waals surface area contributed by atoms with Gasteiger partial charge < -0.3 is 20.1 Å². The molecule has 2 heterocycles. The van der Waals surface area contributed by atoms with Gasteiger partial charge in [-0.3, -0.25) is 9.59 Å². The number of anilines is 1. The molecular formula is C15H20N2O5S. The Kier molecular flexibility index (Phi) is 5.73. The van der Waals surface area contributed by atoms with Crippen molar-refractivity contribution in [1.82, 2.24) is 5.32 Å². The quantitative estimate of drug-likeness (QED) is 0.794. The normalized spacial score (nSPS) is 16.9. The van der Waals surface area contributed by atoms with E-state index < -0.39 is 5.97 Å². The van der Waals surface area contributed by atoms with E-state index in [2.05, 4.69) is 10.6 Å². The number of hydrogen-bond acceptors (Lipinski definition) is 6. The molecule has 0 spiro atoms. The van der Waals surface area contributed by atoms with Crippen LogP contribution in [0.2, 0.25) is 0 Å². The summed E-state index contributed by atoms with van der Waals surface area (Å²) in [5.74, 6) is -1.30. The van der Waals surface area contributed by atoms with Crippen molar-refractivity contribution >= 4 is 34.1 Å². The summed E-state index contributed by atoms with van der Waals surface area (Å²) in [5, 5.41) is 5.62. The summed E-state index contributed by atoms with van der Waals surface area (Å²) in [5.41, 5.74) is 0.744. The van der Waals surface area contributed by atoms with Gasteiger partial charge in [0.2, 0.25) is 5.91 Å². The first-order valence-electron chi connectivity index (χ1n) is 7.40. The zero-order valence-corrected chi connectivity index (χ0v) is 14.2. The molecule has 2 N–H and O–H groups in total. The van der Waals surface area contributed by atoms with Gasteiger partial charge in [-0.25, -0.2) is 4.79 Å². The molecule has 1 aromatic heterocycles. The van der Waals surface area contributed by atoms with Gasteiger partial charge in [0, 0.05) is 13.7 Å². The van der Waals surface area contributed by atoms with Crippen molar-refractivity contribution in [2.24, 2.45) is 5.92 Å². The maximum absolute atomic E-state index is 12.3. The Morgan fingerprint density at radius 3 is 2.70 bits per heavy atom. The number of rotatable bonds is 5. The van der Waals surface area contributed by atoms with Gasteiger partial charge in [0.1, 0.15) is 5.00 Å². The third-order valence-corrected chi connectivity index (χ3v) is 4.80. The van der Waals surface area contributed by atoms with E-state index in [1.165, 1.54) is 7.05 Å². The lowest BCUT2D eigenvalue weighted by Gasteiger charge is -2.10. The van der Waals surface area contributed by atoms with Crippen molar-refractivity contribution in [3.8, 4) is 0 Å². The maximum atomic E-state index is 12.3. The van der Waals surface area contributed by atoms with Crippen molar-refractivity contribution in [3.63, 3.8) is 0 Å². The molecule has 1 unspecified atom stereocenters. The molecule has 1 aliphatic rings. The van der Waals surface area contributed by atoms with Crippen LogP contribution in [0, 0.1) is 12.8 Å². The molecule has 1 fully saturated rings. The summed E-state index contributed by atoms with van der Waals surface area (Å²) in [6.07, 6.45) is 0.646. The largest absolute Gasteiger partial charge is 0.462 e. The van der Waals surface area contributed by atoms with Crippen molar-refractivity contribution in [2.75, 3.05) is 32.2 Å². The van der Waals surface area contributed by atoms with Gasteiger partial charge in [0.25, 0.3) is 5.91 Å². The molecule has 0 saturated carbocycles. The Bertz CT molecular complexity index is 620. The van der Waals surface area contributed by atoms with E-state index in [0.29, 0.717) is 35.1 Å². The molecule has 23 heavy (non-hydrogen) atoms. The van der Waals surface area contributed by atoms with E-state index in [0.717, 1.165) is 11.3 Å². The van der Waals surface area contributed by atoms with Gasteiger partial charge >= 0.3 is 5.97 Å². The van der Waals surface area contributed by atoms with E-state index >= 15 is 0 Å². The summed E-state index contributed by atoms with van der Waals surface area (Å²) >= 11 is 1.07. The highest BCUT2D eigenvalue weighted by atomic mass is 32.1. The number of nitrogens with one attached hydrogen (secondary N) is 2. The first kappa shape index (κ1) is 17.4. The first-order chi connectivity index (χ1) is 11.0. The molecule has 1 aromatic rings. The minimum Gasteiger partial charge on any atom is -0.462 e. The zero-order chi connectivity index (χ0) is 17.0. The number of amides is 2. The number of carbonyl (C=O) groups is 3. The molecule has 126 valence electrons. The molecular weight excluding hydrogens is 320 g/mol. The van der Waals surface area contributed by atoms with Crippen molar-refractivity contribution in [1.29, 1.82) is 0 Å². The molecule has 8 heteroatoms. The molecule has 1 atom stereocenters. The lowest BCUT2D eigenvalue weighted by atomic mass is 10.1. The second kappa shape index (κ2) is 7.56. The smallest absolute Gasteiger partial charge is 0.341 e. The van der Waals surface area contributed by atoms with E-state index in [1.54, 1.807) is 13.8 Å². The van der Waals surface area contributed by atoms with E-state index in [9.17, 15) is 14.4 Å². The van der Waals surface area contributed by atoms with Crippen LogP contribution in [-0.2, 0) is 14.3 Å². The summed E-state index contributed by atoms with van der Waals surface area (Å²) in [6.45, 7) is 4.51. The van der Waals surface area contributed by atoms with Crippen LogP contribution in [0.15, 0.2) is 0 Å². The second-order valence-corrected chi connectivity index (χ2v) is 6.13. The lowest BCUT2D eigenvalue weighted by Crippen LogP contribution is -2.23. The third-order valence-electron chi connectivity index (χ3n) is 3.60. The van der Waals surface area contributed by atoms with Crippen LogP contribution in [0.25, 0.3) is 0 Å². The number of esters is 1. The molecule has 0 radical (unpaired) electrons. The minimum absolute atomic E-state index is 0.210. The van der Waals surface area contributed by atoms with Gasteiger partial charge in [-0.05, 0) is 25.8 Å². The zero-order valence-electron chi connectivity index (χ0n) is 13.4. The van der Waals surface area contributed by atoms with Crippen LogP contribution >= 0.6 is 11.3 Å². The Morgan fingerprint density at radius 2 is 2.13 bits per heavy atom. The molecule has 0 aromatic carbocycles. The van der Waals surface area contributed by atoms with Crippen LogP contribution in [-0.4, -0.2) is 44.7 Å². The Morgan fingerprint density at radius 1 is 1.39 bits per heavy atom. The standard InChI is InChI=1S/C15H20N2O5S/c1-4-22-15(20)10-8(2)11(13(19)16-3)23-14(10)17-12(18)9-5-6-21-7-9/h9H,4-7H2,1-3H3,(H,16,19)(H,17,18). The number of thiophene rings is 1. The topological polar surface area (TPSA) is 93.7 Å². The first-order valence-corrected chi connectivity index (χ1v) is 8.22.